The van der Waals surface area contributed by atoms with Crippen molar-refractivity contribution in [1.82, 2.24) is 25.2 Å². The predicted molar refractivity (Wildman–Crippen MR) is 264 cm³/mol. The number of likely N-dealkylation sites (tertiary alicyclic amines) is 1. The number of thiocarbonyl (C=S) groups is 1. The zero-order valence-corrected chi connectivity index (χ0v) is 40.6. The van der Waals surface area contributed by atoms with E-state index >= 15 is 4.39 Å². The number of amides is 3. The number of nitrogens with zero attached hydrogens (tertiary/aromatic N) is 5. The largest absolute Gasteiger partial charge is 0.620 e. The van der Waals surface area contributed by atoms with Crippen LogP contribution in [0.2, 0.25) is 5.02 Å². The fourth-order valence-electron chi connectivity index (χ4n) is 8.50. The van der Waals surface area contributed by atoms with Crippen molar-refractivity contribution in [1.29, 1.82) is 5.26 Å². The molecule has 4 atom stereocenters. The molecule has 4 aromatic carbocycles. The third-order valence-corrected chi connectivity index (χ3v) is 13.2. The number of oxazole rings is 1. The van der Waals surface area contributed by atoms with Gasteiger partial charge in [0.2, 0.25) is 17.7 Å². The monoisotopic (exact) mass is 979 g/mol. The van der Waals surface area contributed by atoms with E-state index in [1.165, 1.54) is 22.3 Å². The van der Waals surface area contributed by atoms with E-state index in [0.29, 0.717) is 36.6 Å². The molecule has 5 aromatic rings. The van der Waals surface area contributed by atoms with E-state index in [-0.39, 0.29) is 60.7 Å². The molecule has 7 rings (SSSR count). The van der Waals surface area contributed by atoms with Gasteiger partial charge in [-0.25, -0.2) is 9.37 Å². The van der Waals surface area contributed by atoms with E-state index < -0.39 is 57.3 Å². The van der Waals surface area contributed by atoms with Crippen molar-refractivity contribution < 1.29 is 37.8 Å². The van der Waals surface area contributed by atoms with Gasteiger partial charge < -0.3 is 39.7 Å². The van der Waals surface area contributed by atoms with Gasteiger partial charge >= 0.3 is 0 Å². The zero-order chi connectivity index (χ0) is 49.7. The molecule has 0 aliphatic carbocycles. The van der Waals surface area contributed by atoms with Gasteiger partial charge in [-0.15, -0.1) is 0 Å². The van der Waals surface area contributed by atoms with Crippen LogP contribution < -0.4 is 24.9 Å². The fourth-order valence-corrected chi connectivity index (χ4v) is 9.22. The van der Waals surface area contributed by atoms with E-state index in [4.69, 9.17) is 37.7 Å². The van der Waals surface area contributed by atoms with E-state index in [2.05, 4.69) is 15.6 Å². The number of benzene rings is 4. The van der Waals surface area contributed by atoms with E-state index in [9.17, 15) is 30.0 Å². The summed E-state index contributed by atoms with van der Waals surface area (Å²) in [6, 6.07) is 24.4. The Bertz CT molecular complexity index is 2690. The summed E-state index contributed by atoms with van der Waals surface area (Å²) in [5.41, 5.74) is 2.17. The molecule has 69 heavy (non-hydrogen) atoms. The van der Waals surface area contributed by atoms with Gasteiger partial charge in [-0.05, 0) is 85.2 Å². The summed E-state index contributed by atoms with van der Waals surface area (Å²) in [7, 11) is 0. The summed E-state index contributed by atoms with van der Waals surface area (Å²) in [5, 5.41) is 40.1. The number of rotatable bonds is 17. The Balaban J connectivity index is 0.838. The minimum Gasteiger partial charge on any atom is -0.620 e. The maximum absolute atomic E-state index is 15.1. The van der Waals surface area contributed by atoms with Crippen LogP contribution in [0.3, 0.4) is 0 Å². The minimum atomic E-state index is -0.983. The summed E-state index contributed by atoms with van der Waals surface area (Å²) < 4.78 is 31.1. The third kappa shape index (κ3) is 11.3. The summed E-state index contributed by atoms with van der Waals surface area (Å²) in [4.78, 5) is 47.1. The Kier molecular flexibility index (Phi) is 15.5. The van der Waals surface area contributed by atoms with Crippen molar-refractivity contribution in [3.05, 3.63) is 125 Å². The molecule has 15 nitrogen and oxygen atoms in total. The van der Waals surface area contributed by atoms with Gasteiger partial charge in [0.25, 0.3) is 5.11 Å². The van der Waals surface area contributed by atoms with Gasteiger partial charge in [0.15, 0.2) is 12.2 Å². The Hall–Kier alpha value is -6.26. The summed E-state index contributed by atoms with van der Waals surface area (Å²) in [5.74, 6) is -0.743. The predicted octanol–water partition coefficient (Wildman–Crippen LogP) is 8.05. The quantitative estimate of drug-likeness (QED) is 0.0352. The van der Waals surface area contributed by atoms with Gasteiger partial charge in [0.05, 0.1) is 41.7 Å². The first-order chi connectivity index (χ1) is 32.8. The van der Waals surface area contributed by atoms with Crippen molar-refractivity contribution >= 4 is 58.0 Å². The first-order valence-corrected chi connectivity index (χ1v) is 23.4. The second-order valence-electron chi connectivity index (χ2n) is 18.9. The van der Waals surface area contributed by atoms with Crippen LogP contribution in [0, 0.1) is 27.8 Å². The number of β-amino-alcohol motifs (C(OH)–C–C–N with tert-alkyl or cyclic N) is 1. The molecular weight excluding hydrogens is 925 g/mol. The van der Waals surface area contributed by atoms with Crippen LogP contribution in [-0.2, 0) is 25.7 Å². The number of quaternary nitrogens is 1. The van der Waals surface area contributed by atoms with E-state index in [1.54, 1.807) is 32.2 Å². The maximum atomic E-state index is 15.1. The molecule has 2 aliphatic rings. The average Bonchev–Trinajstić information content (AvgIpc) is 4.06. The molecule has 0 radical (unpaired) electrons. The molecule has 18 heteroatoms. The lowest BCUT2D eigenvalue weighted by atomic mass is 9.85. The molecule has 3 heterocycles. The highest BCUT2D eigenvalue weighted by Crippen LogP contribution is 2.43. The number of aliphatic hydroxyl groups is 1. The molecule has 1 unspecified atom stereocenters. The van der Waals surface area contributed by atoms with Crippen molar-refractivity contribution in [2.45, 2.75) is 84.2 Å². The van der Waals surface area contributed by atoms with Crippen LogP contribution in [-0.4, -0.2) is 94.5 Å². The van der Waals surface area contributed by atoms with Crippen molar-refractivity contribution in [2.75, 3.05) is 37.8 Å². The number of ether oxygens (including phenoxy) is 2. The van der Waals surface area contributed by atoms with Gasteiger partial charge in [-0.2, -0.15) is 5.26 Å². The number of aliphatic hydroxyl groups excluding tert-OH is 1. The van der Waals surface area contributed by atoms with Gasteiger partial charge in [-0.1, -0.05) is 68.8 Å². The fraction of sp³-hybridized carbons (Fsp3) is 0.373. The lowest BCUT2D eigenvalue weighted by molar-refractivity contribution is -0.144. The Morgan fingerprint density at radius 1 is 1.04 bits per heavy atom. The number of halogens is 2. The molecule has 362 valence electrons. The lowest BCUT2D eigenvalue weighted by Crippen LogP contribution is -2.58. The van der Waals surface area contributed by atoms with Crippen LogP contribution >= 0.6 is 23.8 Å². The summed E-state index contributed by atoms with van der Waals surface area (Å²) in [6.07, 6.45) is 3.41. The number of aromatic nitrogens is 1. The second-order valence-corrected chi connectivity index (χ2v) is 19.7. The summed E-state index contributed by atoms with van der Waals surface area (Å²) in [6.45, 7) is 9.75. The average molecular weight is 981 g/mol. The Morgan fingerprint density at radius 2 is 1.70 bits per heavy atom. The van der Waals surface area contributed by atoms with Crippen LogP contribution in [0.4, 0.5) is 15.8 Å². The van der Waals surface area contributed by atoms with Crippen LogP contribution in [0.15, 0.2) is 102 Å². The number of nitrogens with one attached hydrogen (secondary N) is 2. The molecule has 2 aliphatic heterocycles. The van der Waals surface area contributed by atoms with Gasteiger partial charge in [0, 0.05) is 56.0 Å². The Labute approximate surface area is 410 Å². The highest BCUT2D eigenvalue weighted by atomic mass is 35.5. The normalized spacial score (nSPS) is 19.3. The molecule has 0 spiro atoms. The molecule has 3 N–H and O–H groups in total. The topological polar surface area (TPSA) is 193 Å². The zero-order valence-electron chi connectivity index (χ0n) is 39.0. The number of anilines is 1. The Morgan fingerprint density at radius 3 is 2.33 bits per heavy atom. The maximum Gasteiger partial charge on any atom is 0.283 e. The number of unbranched alkanes of at least 4 members (excludes halogenated alkanes) is 1. The molecule has 1 aromatic heterocycles. The number of carbonyl (C=O) groups excluding carboxylic acids is 3. The smallest absolute Gasteiger partial charge is 0.283 e. The molecule has 0 saturated carbocycles. The first-order valence-electron chi connectivity index (χ1n) is 22.6. The van der Waals surface area contributed by atoms with Gasteiger partial charge in [0.1, 0.15) is 47.6 Å². The van der Waals surface area contributed by atoms with Crippen LogP contribution in [0.1, 0.15) is 65.0 Å². The standard InChI is InChI=1S/C51H55ClFN7O8S/c1-50(2,3)46(48(64)58-28-38(61)23-43(58)47(63)56-26-32-8-10-35(11-9-32)44-27-55-31-68-44)57-45(62)29-66-20-6-7-21-67-39-18-14-34(15-19-39)33-12-16-37(17-13-33)60(65)49(69)59(30-51(60,4)5)42-24-40(52)36(25-54)22-41(42)53/h8-19,22,24,27,31,38,43,46,61H,6-7,20-21,23,26,28-30H2,1-5H3,(H,56,63)(H,57,62)/t38-,43+,46-,60?/m1/s1. The van der Waals surface area contributed by atoms with E-state index in [0.717, 1.165) is 28.3 Å². The molecule has 2 fully saturated rings. The molecule has 3 amide bonds. The molecule has 0 bridgehead atoms. The third-order valence-electron chi connectivity index (χ3n) is 12.4. The highest BCUT2D eigenvalue weighted by molar-refractivity contribution is 7.80. The van der Waals surface area contributed by atoms with Crippen LogP contribution in [0.25, 0.3) is 22.5 Å². The highest BCUT2D eigenvalue weighted by Gasteiger charge is 2.54. The van der Waals surface area contributed by atoms with E-state index in [1.807, 2.05) is 87.5 Å². The minimum absolute atomic E-state index is 0.00646. The van der Waals surface area contributed by atoms with Crippen molar-refractivity contribution in [3.63, 3.8) is 0 Å². The molecule has 2 saturated heterocycles. The van der Waals surface area contributed by atoms with Crippen molar-refractivity contribution in [2.24, 2.45) is 5.41 Å². The summed E-state index contributed by atoms with van der Waals surface area (Å²) >= 11 is 11.9. The molecular formula is C51H55ClFN7O8S. The second kappa shape index (κ2) is 21.2. The first kappa shape index (κ1) is 50.6. The van der Waals surface area contributed by atoms with Crippen molar-refractivity contribution in [3.8, 4) is 34.3 Å². The van der Waals surface area contributed by atoms with Crippen LogP contribution in [0.5, 0.6) is 5.75 Å². The number of hydrogen-bond donors (Lipinski definition) is 3. The number of hydroxylamine groups is 2. The number of nitriles is 1. The lowest BCUT2D eigenvalue weighted by Gasteiger charge is -2.46. The number of hydrogen-bond acceptors (Lipinski definition) is 11. The SMILES string of the molecule is CC(C)(C)[C@H](NC(=O)COCCCCOc1ccc(-c2ccc([N+]3([O-])C(=S)N(c4cc(Cl)c(C#N)cc4F)CC3(C)C)cc2)cc1)C(=O)N1C[C@H](O)C[C@H]1C(=O)NCc1ccc(-c2cnco2)cc1. The van der Waals surface area contributed by atoms with Gasteiger partial charge in [-0.3, -0.25) is 23.9 Å². The number of carbonyl (C=O) groups is 3.